The minimum atomic E-state index is -0.986. The van der Waals surface area contributed by atoms with E-state index in [2.05, 4.69) is 9.97 Å². The van der Waals surface area contributed by atoms with E-state index in [9.17, 15) is 14.3 Å². The van der Waals surface area contributed by atoms with Gasteiger partial charge in [-0.25, -0.2) is 14.4 Å². The molecular formula is C15H15FN2O2S. The molecule has 1 aromatic heterocycles. The molecule has 0 aliphatic heterocycles. The van der Waals surface area contributed by atoms with E-state index < -0.39 is 17.0 Å². The first-order valence-electron chi connectivity index (χ1n) is 6.54. The Hall–Kier alpha value is -1.95. The van der Waals surface area contributed by atoms with Crippen LogP contribution in [-0.4, -0.2) is 26.3 Å². The molecule has 1 unspecified atom stereocenters. The van der Waals surface area contributed by atoms with Crippen molar-refractivity contribution in [2.75, 3.05) is 0 Å². The van der Waals surface area contributed by atoms with E-state index in [1.165, 1.54) is 6.33 Å². The van der Waals surface area contributed by atoms with Crippen LogP contribution in [0.2, 0.25) is 0 Å². The number of aromatic nitrogens is 2. The summed E-state index contributed by atoms with van der Waals surface area (Å²) in [6.07, 6.45) is 2.02. The maximum atomic E-state index is 14.1. The molecule has 0 radical (unpaired) electrons. The fourth-order valence-corrected chi connectivity index (χ4v) is 2.83. The fraction of sp³-hybridized carbons (Fsp3) is 0.267. The van der Waals surface area contributed by atoms with Crippen molar-refractivity contribution in [2.24, 2.45) is 0 Å². The van der Waals surface area contributed by atoms with Crippen molar-refractivity contribution in [1.82, 2.24) is 9.97 Å². The number of rotatable bonds is 6. The van der Waals surface area contributed by atoms with Crippen molar-refractivity contribution in [1.29, 1.82) is 0 Å². The molecule has 1 aromatic carbocycles. The molecule has 0 aliphatic carbocycles. The first kappa shape index (κ1) is 15.4. The predicted octanol–water partition coefficient (Wildman–Crippen LogP) is 2.97. The first-order chi connectivity index (χ1) is 10.1. The summed E-state index contributed by atoms with van der Waals surface area (Å²) in [5.74, 6) is -1.51. The molecular weight excluding hydrogens is 291 g/mol. The van der Waals surface area contributed by atoms with E-state index >= 15 is 0 Å². The lowest BCUT2D eigenvalue weighted by Crippen LogP contribution is -2.20. The van der Waals surface area contributed by atoms with Crippen molar-refractivity contribution >= 4 is 17.7 Å². The van der Waals surface area contributed by atoms with Gasteiger partial charge in [-0.3, -0.25) is 4.79 Å². The molecule has 0 spiro atoms. The van der Waals surface area contributed by atoms with E-state index in [1.54, 1.807) is 6.92 Å². The minimum Gasteiger partial charge on any atom is -0.480 e. The number of aliphatic carboxylic acids is 1. The quantitative estimate of drug-likeness (QED) is 0.656. The van der Waals surface area contributed by atoms with E-state index in [-0.39, 0.29) is 5.03 Å². The van der Waals surface area contributed by atoms with Gasteiger partial charge in [-0.15, -0.1) is 0 Å². The molecule has 2 rings (SSSR count). The normalized spacial score (nSPS) is 12.1. The maximum absolute atomic E-state index is 14.1. The van der Waals surface area contributed by atoms with Crippen molar-refractivity contribution in [3.8, 4) is 0 Å². The smallest absolute Gasteiger partial charge is 0.317 e. The summed E-state index contributed by atoms with van der Waals surface area (Å²) in [7, 11) is 0. The molecule has 0 saturated carbocycles. The fourth-order valence-electron chi connectivity index (χ4n) is 1.86. The summed E-state index contributed by atoms with van der Waals surface area (Å²) in [4.78, 5) is 19.1. The zero-order valence-electron chi connectivity index (χ0n) is 11.5. The van der Waals surface area contributed by atoms with Gasteiger partial charge in [0.15, 0.2) is 5.82 Å². The van der Waals surface area contributed by atoms with Crippen LogP contribution in [-0.2, 0) is 17.6 Å². The van der Waals surface area contributed by atoms with Gasteiger partial charge in [0.1, 0.15) is 16.6 Å². The van der Waals surface area contributed by atoms with E-state index in [0.29, 0.717) is 18.5 Å². The Kier molecular flexibility index (Phi) is 5.27. The molecule has 4 nitrogen and oxygen atoms in total. The third-order valence-corrected chi connectivity index (χ3v) is 4.12. The van der Waals surface area contributed by atoms with Gasteiger partial charge >= 0.3 is 5.97 Å². The Balaban J connectivity index is 2.19. The third kappa shape index (κ3) is 4.01. The number of halogens is 1. The van der Waals surface area contributed by atoms with Gasteiger partial charge in [-0.1, -0.05) is 49.0 Å². The summed E-state index contributed by atoms with van der Waals surface area (Å²) in [6.45, 7) is 1.79. The molecule has 0 aliphatic rings. The third-order valence-electron chi connectivity index (χ3n) is 2.96. The van der Waals surface area contributed by atoms with Gasteiger partial charge in [-0.05, 0) is 18.4 Å². The lowest BCUT2D eigenvalue weighted by atomic mass is 10.1. The molecule has 1 N–H and O–H groups in total. The number of aryl methyl sites for hydroxylation is 1. The van der Waals surface area contributed by atoms with Crippen LogP contribution < -0.4 is 0 Å². The molecule has 0 amide bonds. The Morgan fingerprint density at radius 3 is 2.67 bits per heavy atom. The van der Waals surface area contributed by atoms with Crippen LogP contribution in [0.5, 0.6) is 0 Å². The number of carboxylic acid groups (broad SMARTS) is 1. The number of benzene rings is 1. The Morgan fingerprint density at radius 2 is 2.05 bits per heavy atom. The lowest BCUT2D eigenvalue weighted by Gasteiger charge is -2.12. The lowest BCUT2D eigenvalue weighted by molar-refractivity contribution is -0.136. The first-order valence-corrected chi connectivity index (χ1v) is 7.42. The van der Waals surface area contributed by atoms with Crippen LogP contribution in [0.4, 0.5) is 4.39 Å². The molecule has 1 heterocycles. The molecule has 21 heavy (non-hydrogen) atoms. The van der Waals surface area contributed by atoms with Gasteiger partial charge in [0, 0.05) is 0 Å². The average Bonchev–Trinajstić information content (AvgIpc) is 2.49. The second-order valence-corrected chi connectivity index (χ2v) is 5.62. The predicted molar refractivity (Wildman–Crippen MR) is 78.8 cm³/mol. The SMILES string of the molecule is CCc1ncnc(SC(Cc2ccccc2)C(=O)O)c1F. The number of carbonyl (C=O) groups is 1. The Labute approximate surface area is 126 Å². The number of nitrogens with zero attached hydrogens (tertiary/aromatic N) is 2. The minimum absolute atomic E-state index is 0.0881. The van der Waals surface area contributed by atoms with E-state index in [0.717, 1.165) is 17.3 Å². The van der Waals surface area contributed by atoms with Crippen molar-refractivity contribution in [2.45, 2.75) is 30.0 Å². The molecule has 0 fully saturated rings. The summed E-state index contributed by atoms with van der Waals surface area (Å²) >= 11 is 0.922. The highest BCUT2D eigenvalue weighted by molar-refractivity contribution is 8.00. The Morgan fingerprint density at radius 1 is 1.33 bits per heavy atom. The van der Waals surface area contributed by atoms with Crippen LogP contribution in [0.25, 0.3) is 0 Å². The number of hydrogen-bond donors (Lipinski definition) is 1. The summed E-state index contributed by atoms with van der Waals surface area (Å²) in [5, 5.41) is 8.62. The number of thioether (sulfide) groups is 1. The molecule has 0 saturated heterocycles. The largest absolute Gasteiger partial charge is 0.480 e. The van der Waals surface area contributed by atoms with Crippen LogP contribution in [0.1, 0.15) is 18.2 Å². The highest BCUT2D eigenvalue weighted by Crippen LogP contribution is 2.27. The van der Waals surface area contributed by atoms with Gasteiger partial charge in [0.05, 0.1) is 5.69 Å². The average molecular weight is 306 g/mol. The van der Waals surface area contributed by atoms with Crippen molar-refractivity contribution < 1.29 is 14.3 Å². The van der Waals surface area contributed by atoms with Crippen LogP contribution >= 0.6 is 11.8 Å². The molecule has 1 atom stereocenters. The topological polar surface area (TPSA) is 63.1 Å². The van der Waals surface area contributed by atoms with Gasteiger partial charge in [0.2, 0.25) is 0 Å². The molecule has 0 bridgehead atoms. The second kappa shape index (κ2) is 7.17. The van der Waals surface area contributed by atoms with Gasteiger partial charge < -0.3 is 5.11 Å². The van der Waals surface area contributed by atoms with E-state index in [4.69, 9.17) is 0 Å². The highest BCUT2D eigenvalue weighted by atomic mass is 32.2. The van der Waals surface area contributed by atoms with E-state index in [1.807, 2.05) is 30.3 Å². The van der Waals surface area contributed by atoms with Crippen molar-refractivity contribution in [3.05, 3.63) is 53.7 Å². The molecule has 110 valence electrons. The zero-order valence-corrected chi connectivity index (χ0v) is 12.3. The highest BCUT2D eigenvalue weighted by Gasteiger charge is 2.23. The van der Waals surface area contributed by atoms with Crippen LogP contribution in [0, 0.1) is 5.82 Å². The van der Waals surface area contributed by atoms with Crippen LogP contribution in [0.15, 0.2) is 41.7 Å². The zero-order chi connectivity index (χ0) is 15.2. The summed E-state index contributed by atoms with van der Waals surface area (Å²) in [5.41, 5.74) is 1.19. The molecule has 2 aromatic rings. The number of carboxylic acids is 1. The van der Waals surface area contributed by atoms with Gasteiger partial charge in [0.25, 0.3) is 0 Å². The summed E-state index contributed by atoms with van der Waals surface area (Å²) < 4.78 is 14.1. The molecule has 6 heteroatoms. The monoisotopic (exact) mass is 306 g/mol. The standard InChI is InChI=1S/C15H15FN2O2S/c1-2-11-13(16)14(18-9-17-11)21-12(15(19)20)8-10-6-4-3-5-7-10/h3-7,9,12H,2,8H2,1H3,(H,19,20). The van der Waals surface area contributed by atoms with Gasteiger partial charge in [-0.2, -0.15) is 0 Å². The van der Waals surface area contributed by atoms with Crippen LogP contribution in [0.3, 0.4) is 0 Å². The summed E-state index contributed by atoms with van der Waals surface area (Å²) in [6, 6.07) is 9.26. The van der Waals surface area contributed by atoms with Crippen molar-refractivity contribution in [3.63, 3.8) is 0 Å². The number of hydrogen-bond acceptors (Lipinski definition) is 4. The second-order valence-electron chi connectivity index (χ2n) is 4.43. The maximum Gasteiger partial charge on any atom is 0.317 e. The Bertz CT molecular complexity index is 622.